The van der Waals surface area contributed by atoms with Crippen molar-refractivity contribution in [1.29, 1.82) is 0 Å². The van der Waals surface area contributed by atoms with E-state index in [0.717, 1.165) is 29.1 Å². The summed E-state index contributed by atoms with van der Waals surface area (Å²) >= 11 is 5.99. The van der Waals surface area contributed by atoms with Gasteiger partial charge in [0.15, 0.2) is 0 Å². The quantitative estimate of drug-likeness (QED) is 0.575. The summed E-state index contributed by atoms with van der Waals surface area (Å²) in [5.41, 5.74) is 2.87. The summed E-state index contributed by atoms with van der Waals surface area (Å²) in [5, 5.41) is 5.32. The third-order valence-electron chi connectivity index (χ3n) is 3.95. The van der Waals surface area contributed by atoms with Crippen LogP contribution in [0.15, 0.2) is 54.7 Å². The first kappa shape index (κ1) is 21.1. The Labute approximate surface area is 170 Å². The molecule has 2 aromatic carbocycles. The van der Waals surface area contributed by atoms with Crippen LogP contribution >= 0.6 is 24.0 Å². The summed E-state index contributed by atoms with van der Waals surface area (Å²) < 4.78 is 13.0. The zero-order chi connectivity index (χ0) is 18.5. The van der Waals surface area contributed by atoms with E-state index in [0.29, 0.717) is 17.5 Å². The van der Waals surface area contributed by atoms with Crippen molar-refractivity contribution in [3.63, 3.8) is 0 Å². The van der Waals surface area contributed by atoms with Crippen LogP contribution < -0.4 is 9.47 Å². The van der Waals surface area contributed by atoms with E-state index in [2.05, 4.69) is 10.00 Å². The van der Waals surface area contributed by atoms with Crippen molar-refractivity contribution in [1.82, 2.24) is 14.7 Å². The number of likely N-dealkylation sites (N-methyl/N-ethyl adjacent to an activating group) is 1. The van der Waals surface area contributed by atoms with Gasteiger partial charge in [-0.3, -0.25) is 0 Å². The summed E-state index contributed by atoms with van der Waals surface area (Å²) in [6.45, 7) is 1.38. The van der Waals surface area contributed by atoms with Crippen LogP contribution in [-0.4, -0.2) is 49.0 Å². The van der Waals surface area contributed by atoms with Crippen molar-refractivity contribution in [2.75, 3.05) is 34.4 Å². The number of hydrogen-bond donors (Lipinski definition) is 0. The molecule has 0 saturated heterocycles. The Morgan fingerprint density at radius 3 is 2.30 bits per heavy atom. The molecule has 7 heteroatoms. The molecule has 0 unspecified atom stereocenters. The molecule has 3 aromatic rings. The number of ether oxygens (including phenoxy) is 2. The first-order valence-electron chi connectivity index (χ1n) is 8.34. The largest absolute Gasteiger partial charge is 0.497 e. The summed E-state index contributed by atoms with van der Waals surface area (Å²) in [4.78, 5) is 2.07. The van der Waals surface area contributed by atoms with Crippen LogP contribution in [0.2, 0.25) is 5.02 Å². The summed E-state index contributed by atoms with van der Waals surface area (Å²) in [6, 6.07) is 15.4. The average molecular weight is 408 g/mol. The van der Waals surface area contributed by atoms with Crippen LogP contribution in [0.1, 0.15) is 0 Å². The molecule has 1 aromatic heterocycles. The molecule has 0 amide bonds. The van der Waals surface area contributed by atoms with Crippen molar-refractivity contribution >= 4 is 24.0 Å². The van der Waals surface area contributed by atoms with Crippen LogP contribution in [0.25, 0.3) is 16.8 Å². The van der Waals surface area contributed by atoms with Gasteiger partial charge < -0.3 is 14.4 Å². The maximum absolute atomic E-state index is 5.99. The predicted molar refractivity (Wildman–Crippen MR) is 112 cm³/mol. The Bertz CT molecular complexity index is 847. The Morgan fingerprint density at radius 1 is 1.04 bits per heavy atom. The number of benzene rings is 2. The highest BCUT2D eigenvalue weighted by Crippen LogP contribution is 2.31. The molecule has 0 fully saturated rings. The predicted octanol–water partition coefficient (Wildman–Crippen LogP) is 4.56. The fourth-order valence-electron chi connectivity index (χ4n) is 2.48. The monoisotopic (exact) mass is 407 g/mol. The highest BCUT2D eigenvalue weighted by Gasteiger charge is 2.14. The van der Waals surface area contributed by atoms with Crippen LogP contribution in [0.4, 0.5) is 0 Å². The molecule has 1 heterocycles. The summed E-state index contributed by atoms with van der Waals surface area (Å²) in [6.07, 6.45) is 1.97. The molecule has 0 bridgehead atoms. The van der Waals surface area contributed by atoms with E-state index in [4.69, 9.17) is 21.1 Å². The number of nitrogens with zero attached hydrogens (tertiary/aromatic N) is 3. The van der Waals surface area contributed by atoms with Crippen molar-refractivity contribution < 1.29 is 9.47 Å². The lowest BCUT2D eigenvalue weighted by Gasteiger charge is -2.10. The standard InChI is InChI=1S/C20H22ClN3O2.ClH/c1-23(2)12-13-26-20-19(15-4-10-18(25-3)11-5-15)14-24(22-20)17-8-6-16(21)7-9-17;/h4-11,14H,12-13H2,1-3H3;1H. The number of hydrogen-bond acceptors (Lipinski definition) is 4. The molecule has 0 aliphatic heterocycles. The summed E-state index contributed by atoms with van der Waals surface area (Å²) in [7, 11) is 5.68. The molecule has 0 spiro atoms. The number of rotatable bonds is 7. The van der Waals surface area contributed by atoms with E-state index in [1.54, 1.807) is 11.8 Å². The molecule has 0 aliphatic rings. The first-order chi connectivity index (χ1) is 12.6. The minimum absolute atomic E-state index is 0. The van der Waals surface area contributed by atoms with Crippen LogP contribution in [0, 0.1) is 0 Å². The zero-order valence-corrected chi connectivity index (χ0v) is 17.1. The van der Waals surface area contributed by atoms with E-state index < -0.39 is 0 Å². The van der Waals surface area contributed by atoms with E-state index in [1.165, 1.54) is 0 Å². The minimum atomic E-state index is 0. The number of aromatic nitrogens is 2. The Morgan fingerprint density at radius 2 is 1.70 bits per heavy atom. The highest BCUT2D eigenvalue weighted by molar-refractivity contribution is 6.30. The topological polar surface area (TPSA) is 39.5 Å². The van der Waals surface area contributed by atoms with Gasteiger partial charge in [0, 0.05) is 17.8 Å². The zero-order valence-electron chi connectivity index (χ0n) is 15.6. The van der Waals surface area contributed by atoms with Gasteiger partial charge in [-0.15, -0.1) is 17.5 Å². The molecule has 144 valence electrons. The van der Waals surface area contributed by atoms with Gasteiger partial charge in [-0.05, 0) is 56.1 Å². The molecule has 0 saturated carbocycles. The second-order valence-corrected chi connectivity index (χ2v) is 6.59. The Kier molecular flexibility index (Phi) is 7.54. The molecule has 3 rings (SSSR count). The highest BCUT2D eigenvalue weighted by atomic mass is 35.5. The molecule has 5 nitrogen and oxygen atoms in total. The minimum Gasteiger partial charge on any atom is -0.497 e. The van der Waals surface area contributed by atoms with Crippen LogP contribution in [0.5, 0.6) is 11.6 Å². The molecule has 0 aliphatic carbocycles. The molecular weight excluding hydrogens is 385 g/mol. The van der Waals surface area contributed by atoms with Gasteiger partial charge in [0.05, 0.1) is 18.4 Å². The normalized spacial score (nSPS) is 10.6. The van der Waals surface area contributed by atoms with E-state index in [1.807, 2.05) is 68.8 Å². The summed E-state index contributed by atoms with van der Waals surface area (Å²) in [5.74, 6) is 1.42. The van der Waals surface area contributed by atoms with Gasteiger partial charge in [0.25, 0.3) is 0 Å². The first-order valence-corrected chi connectivity index (χ1v) is 8.72. The van der Waals surface area contributed by atoms with Crippen molar-refractivity contribution in [2.45, 2.75) is 0 Å². The van der Waals surface area contributed by atoms with Gasteiger partial charge in [0.2, 0.25) is 5.88 Å². The lowest BCUT2D eigenvalue weighted by Crippen LogP contribution is -2.19. The second-order valence-electron chi connectivity index (χ2n) is 6.15. The smallest absolute Gasteiger partial charge is 0.241 e. The fourth-order valence-corrected chi connectivity index (χ4v) is 2.61. The molecule has 0 atom stereocenters. The van der Waals surface area contributed by atoms with Gasteiger partial charge in [0.1, 0.15) is 12.4 Å². The maximum atomic E-state index is 5.99. The SMILES string of the molecule is COc1ccc(-c2cn(-c3ccc(Cl)cc3)nc2OCCN(C)C)cc1.Cl. The van der Waals surface area contributed by atoms with E-state index >= 15 is 0 Å². The van der Waals surface area contributed by atoms with E-state index in [9.17, 15) is 0 Å². The van der Waals surface area contributed by atoms with Crippen LogP contribution in [0.3, 0.4) is 0 Å². The number of methoxy groups -OCH3 is 1. The van der Waals surface area contributed by atoms with Crippen molar-refractivity contribution in [3.8, 4) is 28.4 Å². The van der Waals surface area contributed by atoms with Crippen molar-refractivity contribution in [3.05, 3.63) is 59.8 Å². The lowest BCUT2D eigenvalue weighted by atomic mass is 10.1. The van der Waals surface area contributed by atoms with Crippen LogP contribution in [-0.2, 0) is 0 Å². The Hall–Kier alpha value is -2.21. The third-order valence-corrected chi connectivity index (χ3v) is 4.20. The average Bonchev–Trinajstić information content (AvgIpc) is 3.06. The molecule has 0 radical (unpaired) electrons. The van der Waals surface area contributed by atoms with Gasteiger partial charge >= 0.3 is 0 Å². The molecule has 0 N–H and O–H groups in total. The molecule has 27 heavy (non-hydrogen) atoms. The van der Waals surface area contributed by atoms with Gasteiger partial charge in [-0.1, -0.05) is 23.7 Å². The Balaban J connectivity index is 0.00000261. The number of halogens is 2. The second kappa shape index (κ2) is 9.65. The molecular formula is C20H23Cl2N3O2. The maximum Gasteiger partial charge on any atom is 0.241 e. The van der Waals surface area contributed by atoms with Gasteiger partial charge in [-0.2, -0.15) is 0 Å². The lowest BCUT2D eigenvalue weighted by molar-refractivity contribution is 0.253. The van der Waals surface area contributed by atoms with Crippen molar-refractivity contribution in [2.24, 2.45) is 0 Å². The fraction of sp³-hybridized carbons (Fsp3) is 0.250. The van der Waals surface area contributed by atoms with Gasteiger partial charge in [-0.25, -0.2) is 4.68 Å². The van der Waals surface area contributed by atoms with E-state index in [-0.39, 0.29) is 12.4 Å². The third kappa shape index (κ3) is 5.39.